The first-order valence-electron chi connectivity index (χ1n) is 10.4. The Labute approximate surface area is 182 Å². The topological polar surface area (TPSA) is 86.4 Å². The number of amides is 1. The maximum atomic E-state index is 12.8. The predicted octanol–water partition coefficient (Wildman–Crippen LogP) is 3.32. The number of nitrogens with one attached hydrogen (secondary N) is 1. The summed E-state index contributed by atoms with van der Waals surface area (Å²) in [5, 5.41) is 7.44. The van der Waals surface area contributed by atoms with Gasteiger partial charge in [-0.1, -0.05) is 36.4 Å². The molecular formula is C23H26N4O3S. The van der Waals surface area contributed by atoms with Crippen LogP contribution in [-0.4, -0.2) is 55.3 Å². The van der Waals surface area contributed by atoms with Crippen molar-refractivity contribution in [1.82, 2.24) is 15.1 Å². The molecule has 0 atom stereocenters. The first kappa shape index (κ1) is 21.1. The summed E-state index contributed by atoms with van der Waals surface area (Å²) in [6.45, 7) is 1.05. The van der Waals surface area contributed by atoms with Gasteiger partial charge < -0.3 is 4.90 Å². The van der Waals surface area contributed by atoms with Crippen LogP contribution in [0.2, 0.25) is 0 Å². The number of aromatic nitrogens is 2. The van der Waals surface area contributed by atoms with Crippen LogP contribution in [0.4, 0.5) is 5.69 Å². The first-order valence-corrected chi connectivity index (χ1v) is 12.0. The molecule has 0 unspecified atom stereocenters. The highest BCUT2D eigenvalue weighted by Gasteiger charge is 2.28. The number of carbonyl (C=O) groups excluding carboxylic acids is 1. The van der Waals surface area contributed by atoms with E-state index < -0.39 is 10.0 Å². The lowest BCUT2D eigenvalue weighted by molar-refractivity contribution is 0.0793. The van der Waals surface area contributed by atoms with Gasteiger partial charge in [0, 0.05) is 37.0 Å². The zero-order valence-corrected chi connectivity index (χ0v) is 18.3. The number of H-pyrrole nitrogens is 1. The zero-order chi connectivity index (χ0) is 21.8. The molecule has 1 aliphatic heterocycles. The van der Waals surface area contributed by atoms with Gasteiger partial charge in [0.25, 0.3) is 5.91 Å². The molecule has 0 saturated carbocycles. The summed E-state index contributed by atoms with van der Waals surface area (Å²) in [5.74, 6) is 0.0398. The Kier molecular flexibility index (Phi) is 6.08. The van der Waals surface area contributed by atoms with E-state index in [2.05, 4.69) is 10.2 Å². The molecule has 8 heteroatoms. The van der Waals surface area contributed by atoms with Gasteiger partial charge in [0.05, 0.1) is 17.1 Å². The van der Waals surface area contributed by atoms with Crippen molar-refractivity contribution < 1.29 is 13.2 Å². The molecule has 1 N–H and O–H groups in total. The summed E-state index contributed by atoms with van der Waals surface area (Å²) in [7, 11) is -1.50. The average Bonchev–Trinajstić information content (AvgIpc) is 3.39. The van der Waals surface area contributed by atoms with Crippen LogP contribution < -0.4 is 4.31 Å². The first-order chi connectivity index (χ1) is 14.9. The molecule has 1 saturated heterocycles. The Morgan fingerprint density at radius 2 is 1.94 bits per heavy atom. The van der Waals surface area contributed by atoms with Crippen LogP contribution in [0.25, 0.3) is 11.3 Å². The number of benzene rings is 2. The second kappa shape index (κ2) is 8.93. The van der Waals surface area contributed by atoms with Gasteiger partial charge in [-0.2, -0.15) is 5.10 Å². The molecule has 0 radical (unpaired) electrons. The van der Waals surface area contributed by atoms with Crippen molar-refractivity contribution in [1.29, 1.82) is 0 Å². The number of anilines is 1. The van der Waals surface area contributed by atoms with Crippen molar-refractivity contribution in [2.45, 2.75) is 19.3 Å². The minimum absolute atomic E-state index is 0.118. The number of aryl methyl sites for hydroxylation is 1. The fourth-order valence-corrected chi connectivity index (χ4v) is 5.36. The highest BCUT2D eigenvalue weighted by molar-refractivity contribution is 7.93. The molecule has 1 amide bonds. The van der Waals surface area contributed by atoms with Gasteiger partial charge in [-0.25, -0.2) is 8.42 Å². The summed E-state index contributed by atoms with van der Waals surface area (Å²) in [5.41, 5.74) is 4.06. The molecule has 1 aliphatic rings. The summed E-state index contributed by atoms with van der Waals surface area (Å²) >= 11 is 0. The van der Waals surface area contributed by atoms with E-state index in [-0.39, 0.29) is 11.7 Å². The van der Waals surface area contributed by atoms with Crippen LogP contribution in [0.15, 0.2) is 60.7 Å². The normalized spacial score (nSPS) is 15.2. The van der Waals surface area contributed by atoms with Gasteiger partial charge >= 0.3 is 0 Å². The molecule has 1 fully saturated rings. The fraction of sp³-hybridized carbons (Fsp3) is 0.304. The summed E-state index contributed by atoms with van der Waals surface area (Å²) in [4.78, 5) is 14.5. The minimum Gasteiger partial charge on any atom is -0.342 e. The van der Waals surface area contributed by atoms with Crippen LogP contribution >= 0.6 is 0 Å². The largest absolute Gasteiger partial charge is 0.342 e. The number of sulfonamides is 1. The fourth-order valence-electron chi connectivity index (χ4n) is 3.80. The minimum atomic E-state index is -3.27. The standard InChI is InChI=1S/C23H26N4O3S/c1-26(13-6-11-20-17-22(25-24-20)18-8-3-2-4-9-18)23(28)19-10-5-12-21(16-19)27-14-7-15-31(27,29)30/h2-5,8-10,12,16-17H,6-7,11,13-15H2,1H3,(H,24,25). The third-order valence-electron chi connectivity index (χ3n) is 5.47. The van der Waals surface area contributed by atoms with Gasteiger partial charge in [0.2, 0.25) is 10.0 Å². The van der Waals surface area contributed by atoms with E-state index >= 15 is 0 Å². The van der Waals surface area contributed by atoms with Gasteiger partial charge in [-0.3, -0.25) is 14.2 Å². The Bertz CT molecular complexity index is 1160. The summed E-state index contributed by atoms with van der Waals surface area (Å²) in [6, 6.07) is 18.9. The second-order valence-corrected chi connectivity index (χ2v) is 9.78. The zero-order valence-electron chi connectivity index (χ0n) is 17.5. The Morgan fingerprint density at radius 1 is 1.13 bits per heavy atom. The van der Waals surface area contributed by atoms with Crippen molar-refractivity contribution >= 4 is 21.6 Å². The van der Waals surface area contributed by atoms with Crippen LogP contribution in [-0.2, 0) is 16.4 Å². The summed E-state index contributed by atoms with van der Waals surface area (Å²) < 4.78 is 25.7. The highest BCUT2D eigenvalue weighted by atomic mass is 32.2. The van der Waals surface area contributed by atoms with E-state index in [1.165, 1.54) is 4.31 Å². The smallest absolute Gasteiger partial charge is 0.253 e. The van der Waals surface area contributed by atoms with Gasteiger partial charge in [0.15, 0.2) is 0 Å². The van der Waals surface area contributed by atoms with Crippen LogP contribution in [0.5, 0.6) is 0 Å². The Hall–Kier alpha value is -3.13. The van der Waals surface area contributed by atoms with E-state index in [0.29, 0.717) is 30.8 Å². The van der Waals surface area contributed by atoms with E-state index in [9.17, 15) is 13.2 Å². The average molecular weight is 439 g/mol. The molecule has 3 aromatic rings. The molecule has 0 aliphatic carbocycles. The number of aromatic amines is 1. The molecule has 4 rings (SSSR count). The number of hydrogen-bond acceptors (Lipinski definition) is 4. The van der Waals surface area contributed by atoms with Crippen molar-refractivity contribution in [3.8, 4) is 11.3 Å². The molecule has 2 aromatic carbocycles. The monoisotopic (exact) mass is 438 g/mol. The number of carbonyl (C=O) groups is 1. The lowest BCUT2D eigenvalue weighted by Gasteiger charge is -2.20. The van der Waals surface area contributed by atoms with E-state index in [4.69, 9.17) is 0 Å². The molecule has 2 heterocycles. The summed E-state index contributed by atoms with van der Waals surface area (Å²) in [6.07, 6.45) is 2.18. The Morgan fingerprint density at radius 3 is 2.68 bits per heavy atom. The second-order valence-electron chi connectivity index (χ2n) is 7.77. The molecule has 0 bridgehead atoms. The van der Waals surface area contributed by atoms with Crippen molar-refractivity contribution in [3.05, 3.63) is 71.9 Å². The van der Waals surface area contributed by atoms with Crippen LogP contribution in [0.1, 0.15) is 28.9 Å². The molecule has 7 nitrogen and oxygen atoms in total. The molecule has 0 spiro atoms. The number of hydrogen-bond donors (Lipinski definition) is 1. The van der Waals surface area contributed by atoms with Crippen LogP contribution in [0, 0.1) is 0 Å². The molecule has 162 valence electrons. The van der Waals surface area contributed by atoms with Crippen LogP contribution in [0.3, 0.4) is 0 Å². The SMILES string of the molecule is CN(CCCc1cc(-c2ccccc2)n[nH]1)C(=O)c1cccc(N2CCCS2(=O)=O)c1. The lowest BCUT2D eigenvalue weighted by Crippen LogP contribution is -2.29. The number of nitrogens with zero attached hydrogens (tertiary/aromatic N) is 3. The molecule has 31 heavy (non-hydrogen) atoms. The van der Waals surface area contributed by atoms with E-state index in [1.807, 2.05) is 36.4 Å². The van der Waals surface area contributed by atoms with Crippen molar-refractivity contribution in [2.75, 3.05) is 30.2 Å². The van der Waals surface area contributed by atoms with Gasteiger partial charge in [0.1, 0.15) is 0 Å². The Balaban J connectivity index is 1.34. The third-order valence-corrected chi connectivity index (χ3v) is 7.34. The van der Waals surface area contributed by atoms with Gasteiger partial charge in [-0.05, 0) is 43.5 Å². The third kappa shape index (κ3) is 4.80. The maximum absolute atomic E-state index is 12.8. The highest BCUT2D eigenvalue weighted by Crippen LogP contribution is 2.25. The molecule has 1 aromatic heterocycles. The lowest BCUT2D eigenvalue weighted by atomic mass is 10.1. The quantitative estimate of drug-likeness (QED) is 0.613. The maximum Gasteiger partial charge on any atom is 0.253 e. The van der Waals surface area contributed by atoms with E-state index in [0.717, 1.165) is 29.8 Å². The number of rotatable bonds is 7. The predicted molar refractivity (Wildman–Crippen MR) is 121 cm³/mol. The van der Waals surface area contributed by atoms with Crippen molar-refractivity contribution in [3.63, 3.8) is 0 Å². The molecular weight excluding hydrogens is 412 g/mol. The van der Waals surface area contributed by atoms with E-state index in [1.54, 1.807) is 36.2 Å². The van der Waals surface area contributed by atoms with Crippen molar-refractivity contribution in [2.24, 2.45) is 0 Å². The van der Waals surface area contributed by atoms with Gasteiger partial charge in [-0.15, -0.1) is 0 Å².